The van der Waals surface area contributed by atoms with E-state index in [0.717, 1.165) is 12.1 Å². The molecule has 0 saturated heterocycles. The molecule has 0 aliphatic carbocycles. The number of nitrogens with one attached hydrogen (secondary N) is 1. The van der Waals surface area contributed by atoms with Crippen molar-refractivity contribution >= 4 is 23.3 Å². The van der Waals surface area contributed by atoms with Crippen molar-refractivity contribution in [3.63, 3.8) is 0 Å². The van der Waals surface area contributed by atoms with E-state index in [1.54, 1.807) is 36.1 Å². The van der Waals surface area contributed by atoms with E-state index in [-0.39, 0.29) is 5.91 Å². The van der Waals surface area contributed by atoms with E-state index in [4.69, 9.17) is 11.6 Å². The number of rotatable bonds is 3. The molecule has 1 amide bonds. The van der Waals surface area contributed by atoms with Gasteiger partial charge in [-0.15, -0.1) is 0 Å². The largest absolute Gasteiger partial charge is 0.307 e. The highest BCUT2D eigenvalue weighted by molar-refractivity contribution is 6.29. The Morgan fingerprint density at radius 3 is 2.89 bits per heavy atom. The van der Waals surface area contributed by atoms with Gasteiger partial charge in [0.25, 0.3) is 5.91 Å². The minimum atomic E-state index is -0.224. The van der Waals surface area contributed by atoms with Gasteiger partial charge in [0.2, 0.25) is 0 Å². The molecule has 6 heteroatoms. The minimum absolute atomic E-state index is 0.224. The van der Waals surface area contributed by atoms with Gasteiger partial charge in [-0.05, 0) is 18.6 Å². The van der Waals surface area contributed by atoms with E-state index in [2.05, 4.69) is 15.4 Å². The molecule has 1 N–H and O–H groups in total. The fraction of sp³-hybridized carbons (Fsp3) is 0.250. The summed E-state index contributed by atoms with van der Waals surface area (Å²) in [6, 6.07) is 5.01. The maximum atomic E-state index is 12.0. The molecule has 0 saturated carbocycles. The van der Waals surface area contributed by atoms with Gasteiger partial charge in [-0.2, -0.15) is 5.10 Å². The molecule has 18 heavy (non-hydrogen) atoms. The number of pyridine rings is 1. The van der Waals surface area contributed by atoms with Crippen LogP contribution in [0.2, 0.25) is 5.15 Å². The van der Waals surface area contributed by atoms with Crippen LogP contribution in [0.4, 0.5) is 5.82 Å². The molecule has 2 aromatic rings. The van der Waals surface area contributed by atoms with Crippen molar-refractivity contribution < 1.29 is 4.79 Å². The zero-order valence-electron chi connectivity index (χ0n) is 10.1. The first-order valence-corrected chi connectivity index (χ1v) is 5.93. The maximum Gasteiger partial charge on any atom is 0.256 e. The fourth-order valence-corrected chi connectivity index (χ4v) is 1.77. The Hall–Kier alpha value is -1.88. The highest BCUT2D eigenvalue weighted by Gasteiger charge is 2.10. The monoisotopic (exact) mass is 264 g/mol. The zero-order valence-corrected chi connectivity index (χ0v) is 10.9. The van der Waals surface area contributed by atoms with Gasteiger partial charge in [-0.3, -0.25) is 9.48 Å². The van der Waals surface area contributed by atoms with E-state index < -0.39 is 0 Å². The van der Waals surface area contributed by atoms with Gasteiger partial charge < -0.3 is 5.32 Å². The molecular formula is C12H13ClN4O. The molecule has 0 spiro atoms. The molecule has 0 aromatic carbocycles. The van der Waals surface area contributed by atoms with Crippen molar-refractivity contribution in [2.24, 2.45) is 7.05 Å². The van der Waals surface area contributed by atoms with Gasteiger partial charge in [-0.25, -0.2) is 4.98 Å². The number of anilines is 1. The summed E-state index contributed by atoms with van der Waals surface area (Å²) >= 11 is 5.88. The van der Waals surface area contributed by atoms with Gasteiger partial charge in [0, 0.05) is 24.4 Å². The molecule has 0 aliphatic heterocycles. The third-order valence-electron chi connectivity index (χ3n) is 2.53. The summed E-state index contributed by atoms with van der Waals surface area (Å²) in [6.07, 6.45) is 2.35. The molecule has 5 nitrogen and oxygen atoms in total. The Kier molecular flexibility index (Phi) is 3.62. The highest BCUT2D eigenvalue weighted by atomic mass is 35.5. The van der Waals surface area contributed by atoms with E-state index in [9.17, 15) is 4.79 Å². The van der Waals surface area contributed by atoms with Crippen LogP contribution in [0.15, 0.2) is 24.4 Å². The van der Waals surface area contributed by atoms with E-state index >= 15 is 0 Å². The number of carbonyl (C=O) groups excluding carboxylic acids is 1. The van der Waals surface area contributed by atoms with Gasteiger partial charge in [0.05, 0.1) is 6.20 Å². The van der Waals surface area contributed by atoms with Crippen molar-refractivity contribution in [3.05, 3.63) is 40.8 Å². The smallest absolute Gasteiger partial charge is 0.256 e. The van der Waals surface area contributed by atoms with Crippen LogP contribution < -0.4 is 5.32 Å². The molecule has 0 radical (unpaired) electrons. The average Bonchev–Trinajstić information content (AvgIpc) is 2.74. The zero-order chi connectivity index (χ0) is 13.1. The van der Waals surface area contributed by atoms with Gasteiger partial charge in [0.1, 0.15) is 11.0 Å². The minimum Gasteiger partial charge on any atom is -0.307 e. The molecule has 0 aliphatic rings. The summed E-state index contributed by atoms with van der Waals surface area (Å²) in [7, 11) is 1.76. The lowest BCUT2D eigenvalue weighted by atomic mass is 10.2. The van der Waals surface area contributed by atoms with Crippen molar-refractivity contribution in [1.29, 1.82) is 0 Å². The number of halogens is 1. The fourth-order valence-electron chi connectivity index (χ4n) is 1.55. The molecule has 2 rings (SSSR count). The van der Waals surface area contributed by atoms with Crippen LogP contribution in [0, 0.1) is 0 Å². The first-order valence-electron chi connectivity index (χ1n) is 5.56. The van der Waals surface area contributed by atoms with Crippen LogP contribution >= 0.6 is 11.6 Å². The van der Waals surface area contributed by atoms with Crippen molar-refractivity contribution in [3.8, 4) is 0 Å². The number of aryl methyl sites for hydroxylation is 2. The second-order valence-corrected chi connectivity index (χ2v) is 4.20. The first kappa shape index (κ1) is 12.6. The van der Waals surface area contributed by atoms with Gasteiger partial charge >= 0.3 is 0 Å². The normalized spacial score (nSPS) is 10.4. The number of carbonyl (C=O) groups is 1. The SMILES string of the molecule is CCc1cc(C(=O)Nc2ccnn2C)cc(Cl)n1. The standard InChI is InChI=1S/C12H13ClN4O/c1-3-9-6-8(7-10(13)15-9)12(18)16-11-4-5-14-17(11)2/h4-7H,3H2,1-2H3,(H,16,18). The molecule has 2 heterocycles. The Labute approximate surface area is 110 Å². The lowest BCUT2D eigenvalue weighted by Crippen LogP contribution is -2.15. The number of amides is 1. The molecular weight excluding hydrogens is 252 g/mol. The third-order valence-corrected chi connectivity index (χ3v) is 2.73. The van der Waals surface area contributed by atoms with Gasteiger partial charge in [-0.1, -0.05) is 18.5 Å². The number of aromatic nitrogens is 3. The molecule has 2 aromatic heterocycles. The number of hydrogen-bond donors (Lipinski definition) is 1. The summed E-state index contributed by atoms with van der Waals surface area (Å²) in [5.41, 5.74) is 1.28. The Bertz CT molecular complexity index is 579. The Morgan fingerprint density at radius 2 is 2.28 bits per heavy atom. The van der Waals surface area contributed by atoms with Crippen molar-refractivity contribution in [1.82, 2.24) is 14.8 Å². The van der Waals surface area contributed by atoms with Crippen LogP contribution in [0.1, 0.15) is 23.0 Å². The lowest BCUT2D eigenvalue weighted by Gasteiger charge is -2.06. The Morgan fingerprint density at radius 1 is 1.50 bits per heavy atom. The topological polar surface area (TPSA) is 59.8 Å². The average molecular weight is 265 g/mol. The first-order chi connectivity index (χ1) is 8.60. The molecule has 94 valence electrons. The summed E-state index contributed by atoms with van der Waals surface area (Å²) < 4.78 is 1.58. The second-order valence-electron chi connectivity index (χ2n) is 3.82. The van der Waals surface area contributed by atoms with Crippen LogP contribution in [0.5, 0.6) is 0 Å². The summed E-state index contributed by atoms with van der Waals surface area (Å²) in [5, 5.41) is 7.06. The molecule has 0 unspecified atom stereocenters. The van der Waals surface area contributed by atoms with Crippen LogP contribution in [0.25, 0.3) is 0 Å². The van der Waals surface area contributed by atoms with Crippen molar-refractivity contribution in [2.75, 3.05) is 5.32 Å². The lowest BCUT2D eigenvalue weighted by molar-refractivity contribution is 0.102. The van der Waals surface area contributed by atoms with Gasteiger partial charge in [0.15, 0.2) is 0 Å². The quantitative estimate of drug-likeness (QED) is 0.866. The predicted octanol–water partition coefficient (Wildman–Crippen LogP) is 2.28. The predicted molar refractivity (Wildman–Crippen MR) is 69.8 cm³/mol. The summed E-state index contributed by atoms with van der Waals surface area (Å²) in [5.74, 6) is 0.406. The maximum absolute atomic E-state index is 12.0. The highest BCUT2D eigenvalue weighted by Crippen LogP contribution is 2.13. The second kappa shape index (κ2) is 5.18. The Balaban J connectivity index is 2.24. The summed E-state index contributed by atoms with van der Waals surface area (Å²) in [4.78, 5) is 16.2. The number of hydrogen-bond acceptors (Lipinski definition) is 3. The van der Waals surface area contributed by atoms with Crippen LogP contribution in [-0.4, -0.2) is 20.7 Å². The molecule has 0 fully saturated rings. The molecule has 0 bridgehead atoms. The van der Waals surface area contributed by atoms with Crippen molar-refractivity contribution in [2.45, 2.75) is 13.3 Å². The van der Waals surface area contributed by atoms with Crippen LogP contribution in [-0.2, 0) is 13.5 Å². The number of nitrogens with zero attached hydrogens (tertiary/aromatic N) is 3. The van der Waals surface area contributed by atoms with E-state index in [0.29, 0.717) is 16.5 Å². The summed E-state index contributed by atoms with van der Waals surface area (Å²) in [6.45, 7) is 1.96. The van der Waals surface area contributed by atoms with E-state index in [1.165, 1.54) is 0 Å². The third kappa shape index (κ3) is 2.68. The van der Waals surface area contributed by atoms with Crippen LogP contribution in [0.3, 0.4) is 0 Å². The molecule has 0 atom stereocenters. The van der Waals surface area contributed by atoms with E-state index in [1.807, 2.05) is 6.92 Å².